The van der Waals surface area contributed by atoms with Gasteiger partial charge in [-0.25, -0.2) is 9.07 Å². The average molecular weight is 323 g/mol. The van der Waals surface area contributed by atoms with Crippen molar-refractivity contribution in [2.24, 2.45) is 0 Å². The summed E-state index contributed by atoms with van der Waals surface area (Å²) in [6.07, 6.45) is 7.74. The molecule has 0 aliphatic heterocycles. The third kappa shape index (κ3) is 2.44. The molecule has 0 bridgehead atoms. The Labute approximate surface area is 137 Å². The number of nitrogens with one attached hydrogen (secondary N) is 1. The molecule has 1 amide bonds. The number of nitrogens with zero attached hydrogens (tertiary/aromatic N) is 4. The van der Waals surface area contributed by atoms with Crippen molar-refractivity contribution in [3.05, 3.63) is 66.6 Å². The van der Waals surface area contributed by atoms with Crippen LogP contribution in [0.25, 0.3) is 5.69 Å². The standard InChI is InChI=1S/C17H14FN5O/c18-13-2-1-8-20-15(13)17(6-7-17)16(24)21-14-5-11-23(22-14)12-3-9-19-10-4-12/h1-5,8-11H,6-7H2,(H,21,22,24). The molecule has 1 N–H and O–H groups in total. The predicted octanol–water partition coefficient (Wildman–Crippen LogP) is 2.47. The van der Waals surface area contributed by atoms with Crippen molar-refractivity contribution in [3.63, 3.8) is 0 Å². The van der Waals surface area contributed by atoms with E-state index in [1.807, 2.05) is 12.1 Å². The number of rotatable bonds is 4. The average Bonchev–Trinajstić information content (AvgIpc) is 3.29. The molecule has 6 nitrogen and oxygen atoms in total. The number of halogens is 1. The molecule has 3 aromatic heterocycles. The fourth-order valence-corrected chi connectivity index (χ4v) is 2.70. The van der Waals surface area contributed by atoms with E-state index < -0.39 is 11.2 Å². The summed E-state index contributed by atoms with van der Waals surface area (Å²) < 4.78 is 15.6. The maximum atomic E-state index is 14.0. The second kappa shape index (κ2) is 5.52. The molecule has 7 heteroatoms. The Hall–Kier alpha value is -3.09. The van der Waals surface area contributed by atoms with Crippen molar-refractivity contribution in [3.8, 4) is 5.69 Å². The van der Waals surface area contributed by atoms with Gasteiger partial charge in [0.1, 0.15) is 5.82 Å². The molecule has 3 aromatic rings. The van der Waals surface area contributed by atoms with Crippen molar-refractivity contribution < 1.29 is 9.18 Å². The molecule has 0 spiro atoms. The summed E-state index contributed by atoms with van der Waals surface area (Å²) in [7, 11) is 0. The van der Waals surface area contributed by atoms with Gasteiger partial charge in [0, 0.05) is 30.9 Å². The molecule has 120 valence electrons. The number of carbonyl (C=O) groups is 1. The number of pyridine rings is 2. The minimum atomic E-state index is -0.883. The van der Waals surface area contributed by atoms with Crippen LogP contribution in [0.15, 0.2) is 55.1 Å². The van der Waals surface area contributed by atoms with Gasteiger partial charge in [-0.2, -0.15) is 5.10 Å². The summed E-state index contributed by atoms with van der Waals surface area (Å²) in [5.41, 5.74) is 0.157. The van der Waals surface area contributed by atoms with Gasteiger partial charge in [-0.3, -0.25) is 14.8 Å². The quantitative estimate of drug-likeness (QED) is 0.800. The third-order valence-electron chi connectivity index (χ3n) is 4.15. The summed E-state index contributed by atoms with van der Waals surface area (Å²) in [5.74, 6) is -0.313. The summed E-state index contributed by atoms with van der Waals surface area (Å²) in [6.45, 7) is 0. The van der Waals surface area contributed by atoms with E-state index in [1.54, 1.807) is 29.3 Å². The number of aromatic nitrogens is 4. The second-order valence-electron chi connectivity index (χ2n) is 5.72. The molecule has 24 heavy (non-hydrogen) atoms. The molecule has 0 aromatic carbocycles. The molecule has 1 aliphatic carbocycles. The van der Waals surface area contributed by atoms with Crippen LogP contribution < -0.4 is 5.32 Å². The maximum absolute atomic E-state index is 14.0. The van der Waals surface area contributed by atoms with Gasteiger partial charge in [-0.15, -0.1) is 0 Å². The molecule has 4 rings (SSSR count). The van der Waals surface area contributed by atoms with E-state index in [1.165, 1.54) is 18.3 Å². The summed E-state index contributed by atoms with van der Waals surface area (Å²) >= 11 is 0. The number of hydrogen-bond donors (Lipinski definition) is 1. The Morgan fingerprint density at radius 2 is 1.96 bits per heavy atom. The van der Waals surface area contributed by atoms with Crippen LogP contribution in [-0.2, 0) is 10.2 Å². The van der Waals surface area contributed by atoms with Crippen LogP contribution in [0, 0.1) is 5.82 Å². The van der Waals surface area contributed by atoms with Crippen LogP contribution in [-0.4, -0.2) is 25.7 Å². The number of carbonyl (C=O) groups excluding carboxylic acids is 1. The van der Waals surface area contributed by atoms with Gasteiger partial charge in [0.15, 0.2) is 5.82 Å². The molecular formula is C17H14FN5O. The van der Waals surface area contributed by atoms with E-state index in [0.717, 1.165) is 5.69 Å². The van der Waals surface area contributed by atoms with E-state index in [9.17, 15) is 9.18 Å². The topological polar surface area (TPSA) is 72.7 Å². The van der Waals surface area contributed by atoms with E-state index >= 15 is 0 Å². The van der Waals surface area contributed by atoms with Crippen LogP contribution in [0.1, 0.15) is 18.5 Å². The molecule has 0 radical (unpaired) electrons. The van der Waals surface area contributed by atoms with Gasteiger partial charge >= 0.3 is 0 Å². The monoisotopic (exact) mass is 323 g/mol. The Morgan fingerprint density at radius 1 is 1.17 bits per heavy atom. The Balaban J connectivity index is 1.55. The van der Waals surface area contributed by atoms with E-state index in [0.29, 0.717) is 18.7 Å². The summed E-state index contributed by atoms with van der Waals surface area (Å²) in [5, 5.41) is 7.09. The first-order valence-electron chi connectivity index (χ1n) is 7.58. The first-order valence-corrected chi connectivity index (χ1v) is 7.58. The molecule has 0 atom stereocenters. The highest BCUT2D eigenvalue weighted by molar-refractivity contribution is 6.00. The second-order valence-corrected chi connectivity index (χ2v) is 5.72. The Bertz CT molecular complexity index is 889. The molecular weight excluding hydrogens is 309 g/mol. The van der Waals surface area contributed by atoms with Crippen LogP contribution in [0.2, 0.25) is 0 Å². The largest absolute Gasteiger partial charge is 0.308 e. The smallest absolute Gasteiger partial charge is 0.237 e. The lowest BCUT2D eigenvalue weighted by Crippen LogP contribution is -2.29. The van der Waals surface area contributed by atoms with Crippen molar-refractivity contribution >= 4 is 11.7 Å². The minimum absolute atomic E-state index is 0.205. The van der Waals surface area contributed by atoms with E-state index in [4.69, 9.17) is 0 Å². The third-order valence-corrected chi connectivity index (χ3v) is 4.15. The van der Waals surface area contributed by atoms with E-state index in [-0.39, 0.29) is 11.6 Å². The van der Waals surface area contributed by atoms with Gasteiger partial charge < -0.3 is 5.32 Å². The molecule has 1 fully saturated rings. The highest BCUT2D eigenvalue weighted by atomic mass is 19.1. The zero-order valence-electron chi connectivity index (χ0n) is 12.7. The van der Waals surface area contributed by atoms with Crippen LogP contribution in [0.4, 0.5) is 10.2 Å². The predicted molar refractivity (Wildman–Crippen MR) is 85.1 cm³/mol. The molecule has 0 unspecified atom stereocenters. The summed E-state index contributed by atoms with van der Waals surface area (Å²) in [6, 6.07) is 8.16. The van der Waals surface area contributed by atoms with Gasteiger partial charge in [0.2, 0.25) is 5.91 Å². The fraction of sp³-hybridized carbons (Fsp3) is 0.176. The number of hydrogen-bond acceptors (Lipinski definition) is 4. The molecule has 0 saturated heterocycles. The maximum Gasteiger partial charge on any atom is 0.237 e. The molecule has 1 aliphatic rings. The number of anilines is 1. The van der Waals surface area contributed by atoms with Crippen LogP contribution in [0.3, 0.4) is 0 Å². The minimum Gasteiger partial charge on any atom is -0.308 e. The SMILES string of the molecule is O=C(Nc1ccn(-c2ccncc2)n1)C1(c2ncccc2F)CC1. The number of amides is 1. The molecule has 3 heterocycles. The van der Waals surface area contributed by atoms with Crippen molar-refractivity contribution in [1.82, 2.24) is 19.7 Å². The van der Waals surface area contributed by atoms with Crippen LogP contribution in [0.5, 0.6) is 0 Å². The lowest BCUT2D eigenvalue weighted by molar-refractivity contribution is -0.118. The van der Waals surface area contributed by atoms with E-state index in [2.05, 4.69) is 20.4 Å². The van der Waals surface area contributed by atoms with Crippen LogP contribution >= 0.6 is 0 Å². The lowest BCUT2D eigenvalue weighted by Gasteiger charge is -2.14. The van der Waals surface area contributed by atoms with Gasteiger partial charge in [-0.05, 0) is 37.1 Å². The fourth-order valence-electron chi connectivity index (χ4n) is 2.70. The normalized spacial score (nSPS) is 15.0. The van der Waals surface area contributed by atoms with Gasteiger partial charge in [-0.1, -0.05) is 0 Å². The zero-order chi connectivity index (χ0) is 16.6. The van der Waals surface area contributed by atoms with Gasteiger partial charge in [0.25, 0.3) is 0 Å². The van der Waals surface area contributed by atoms with Crippen molar-refractivity contribution in [1.29, 1.82) is 0 Å². The Morgan fingerprint density at radius 3 is 2.67 bits per heavy atom. The first kappa shape index (κ1) is 14.5. The first-order chi connectivity index (χ1) is 11.7. The highest BCUT2D eigenvalue weighted by Gasteiger charge is 2.54. The van der Waals surface area contributed by atoms with Gasteiger partial charge in [0.05, 0.1) is 16.8 Å². The zero-order valence-corrected chi connectivity index (χ0v) is 12.7. The Kier molecular flexibility index (Phi) is 3.34. The van der Waals surface area contributed by atoms with Crippen molar-refractivity contribution in [2.45, 2.75) is 18.3 Å². The highest BCUT2D eigenvalue weighted by Crippen LogP contribution is 2.48. The molecule has 1 saturated carbocycles. The summed E-state index contributed by atoms with van der Waals surface area (Å²) in [4.78, 5) is 20.6. The van der Waals surface area contributed by atoms with Crippen molar-refractivity contribution in [2.75, 3.05) is 5.32 Å². The lowest BCUT2D eigenvalue weighted by atomic mass is 10.00.